The van der Waals surface area contributed by atoms with Crippen molar-refractivity contribution in [2.45, 2.75) is 18.9 Å². The highest BCUT2D eigenvalue weighted by Gasteiger charge is 2.20. The van der Waals surface area contributed by atoms with E-state index in [1.165, 1.54) is 5.56 Å². The second-order valence-electron chi connectivity index (χ2n) is 4.10. The minimum atomic E-state index is 0.445. The van der Waals surface area contributed by atoms with Crippen molar-refractivity contribution >= 4 is 5.69 Å². The van der Waals surface area contributed by atoms with E-state index in [0.29, 0.717) is 6.04 Å². The quantitative estimate of drug-likeness (QED) is 0.799. The first-order chi connectivity index (χ1) is 7.43. The SMILES string of the molecule is c1cc2c(c(NC3CCOC3)c1)OCC2. The van der Waals surface area contributed by atoms with Crippen LogP contribution in [0.15, 0.2) is 18.2 Å². The van der Waals surface area contributed by atoms with Gasteiger partial charge >= 0.3 is 0 Å². The Labute approximate surface area is 89.4 Å². The molecule has 1 aromatic carbocycles. The Hall–Kier alpha value is -1.22. The van der Waals surface area contributed by atoms with Gasteiger partial charge in [0.2, 0.25) is 0 Å². The van der Waals surface area contributed by atoms with Gasteiger partial charge in [0, 0.05) is 13.0 Å². The molecule has 1 aromatic rings. The second kappa shape index (κ2) is 3.74. The summed E-state index contributed by atoms with van der Waals surface area (Å²) in [6.45, 7) is 2.49. The molecule has 0 amide bonds. The third kappa shape index (κ3) is 1.67. The van der Waals surface area contributed by atoms with Gasteiger partial charge in [-0.25, -0.2) is 0 Å². The van der Waals surface area contributed by atoms with Crippen molar-refractivity contribution in [2.75, 3.05) is 25.1 Å². The number of para-hydroxylation sites is 1. The first-order valence-corrected chi connectivity index (χ1v) is 5.52. The third-order valence-electron chi connectivity index (χ3n) is 3.00. The van der Waals surface area contributed by atoms with Crippen molar-refractivity contribution in [2.24, 2.45) is 0 Å². The zero-order valence-electron chi connectivity index (χ0n) is 8.66. The van der Waals surface area contributed by atoms with E-state index in [1.54, 1.807) is 0 Å². The zero-order chi connectivity index (χ0) is 10.1. The van der Waals surface area contributed by atoms with E-state index in [1.807, 2.05) is 0 Å². The van der Waals surface area contributed by atoms with Crippen LogP contribution in [0.1, 0.15) is 12.0 Å². The molecule has 2 aliphatic heterocycles. The van der Waals surface area contributed by atoms with Gasteiger partial charge in [0.25, 0.3) is 0 Å². The van der Waals surface area contributed by atoms with Crippen molar-refractivity contribution in [1.82, 2.24) is 0 Å². The second-order valence-corrected chi connectivity index (χ2v) is 4.10. The fourth-order valence-corrected chi connectivity index (χ4v) is 2.20. The lowest BCUT2D eigenvalue weighted by Crippen LogP contribution is -2.19. The van der Waals surface area contributed by atoms with E-state index in [2.05, 4.69) is 23.5 Å². The van der Waals surface area contributed by atoms with Crippen LogP contribution >= 0.6 is 0 Å². The van der Waals surface area contributed by atoms with Crippen LogP contribution in [0.5, 0.6) is 5.75 Å². The number of hydrogen-bond donors (Lipinski definition) is 1. The first-order valence-electron chi connectivity index (χ1n) is 5.52. The lowest BCUT2D eigenvalue weighted by molar-refractivity contribution is 0.195. The van der Waals surface area contributed by atoms with Crippen molar-refractivity contribution in [3.05, 3.63) is 23.8 Å². The average molecular weight is 205 g/mol. The summed E-state index contributed by atoms with van der Waals surface area (Å²) < 4.78 is 11.0. The third-order valence-corrected chi connectivity index (χ3v) is 3.00. The number of rotatable bonds is 2. The topological polar surface area (TPSA) is 30.5 Å². The molecular weight excluding hydrogens is 190 g/mol. The van der Waals surface area contributed by atoms with E-state index < -0.39 is 0 Å². The van der Waals surface area contributed by atoms with Crippen LogP contribution in [0.4, 0.5) is 5.69 Å². The molecule has 0 spiro atoms. The molecule has 15 heavy (non-hydrogen) atoms. The number of fused-ring (bicyclic) bond motifs is 1. The van der Waals surface area contributed by atoms with Crippen LogP contribution in [0.2, 0.25) is 0 Å². The molecule has 0 aliphatic carbocycles. The van der Waals surface area contributed by atoms with Crippen molar-refractivity contribution in [1.29, 1.82) is 0 Å². The molecule has 3 rings (SSSR count). The molecular formula is C12H15NO2. The van der Waals surface area contributed by atoms with Gasteiger partial charge in [-0.1, -0.05) is 12.1 Å². The Morgan fingerprint density at radius 1 is 1.27 bits per heavy atom. The summed E-state index contributed by atoms with van der Waals surface area (Å²) >= 11 is 0. The standard InChI is InChI=1S/C12H15NO2/c1-2-9-4-7-15-12(9)11(3-1)13-10-5-6-14-8-10/h1-3,10,13H,4-8H2. The lowest BCUT2D eigenvalue weighted by atomic mass is 10.1. The minimum Gasteiger partial charge on any atom is -0.491 e. The van der Waals surface area contributed by atoms with Crippen LogP contribution in [-0.4, -0.2) is 25.9 Å². The first kappa shape index (κ1) is 9.04. The van der Waals surface area contributed by atoms with Crippen molar-refractivity contribution < 1.29 is 9.47 Å². The number of ether oxygens (including phenoxy) is 2. The number of anilines is 1. The predicted molar refractivity (Wildman–Crippen MR) is 58.5 cm³/mol. The zero-order valence-corrected chi connectivity index (χ0v) is 8.66. The molecule has 0 bridgehead atoms. The summed E-state index contributed by atoms with van der Waals surface area (Å²) in [5, 5.41) is 3.49. The van der Waals surface area contributed by atoms with Crippen LogP contribution in [-0.2, 0) is 11.2 Å². The van der Waals surface area contributed by atoms with Gasteiger partial charge in [-0.05, 0) is 18.1 Å². The van der Waals surface area contributed by atoms with Crippen LogP contribution < -0.4 is 10.1 Å². The molecule has 0 radical (unpaired) electrons. The molecule has 1 unspecified atom stereocenters. The van der Waals surface area contributed by atoms with E-state index in [-0.39, 0.29) is 0 Å². The van der Waals surface area contributed by atoms with Gasteiger partial charge in [-0.3, -0.25) is 0 Å². The van der Waals surface area contributed by atoms with Gasteiger partial charge < -0.3 is 14.8 Å². The van der Waals surface area contributed by atoms with Crippen LogP contribution in [0.25, 0.3) is 0 Å². The smallest absolute Gasteiger partial charge is 0.145 e. The molecule has 1 saturated heterocycles. The highest BCUT2D eigenvalue weighted by molar-refractivity contribution is 5.62. The van der Waals surface area contributed by atoms with Crippen molar-refractivity contribution in [3.8, 4) is 5.75 Å². The minimum absolute atomic E-state index is 0.445. The number of nitrogens with one attached hydrogen (secondary N) is 1. The summed E-state index contributed by atoms with van der Waals surface area (Å²) in [7, 11) is 0. The summed E-state index contributed by atoms with van der Waals surface area (Å²) in [5.41, 5.74) is 2.44. The molecule has 0 aromatic heterocycles. The highest BCUT2D eigenvalue weighted by atomic mass is 16.5. The molecule has 1 fully saturated rings. The summed E-state index contributed by atoms with van der Waals surface area (Å²) in [6, 6.07) is 6.76. The average Bonchev–Trinajstić information content (AvgIpc) is 2.87. The Kier molecular flexibility index (Phi) is 2.25. The van der Waals surface area contributed by atoms with Gasteiger partial charge in [0.15, 0.2) is 0 Å². The molecule has 0 saturated carbocycles. The molecule has 3 heteroatoms. The Morgan fingerprint density at radius 3 is 3.13 bits per heavy atom. The molecule has 1 N–H and O–H groups in total. The van der Waals surface area contributed by atoms with Gasteiger partial charge in [0.1, 0.15) is 5.75 Å². The summed E-state index contributed by atoms with van der Waals surface area (Å²) in [4.78, 5) is 0. The molecule has 2 aliphatic rings. The molecule has 1 atom stereocenters. The summed E-state index contributed by atoms with van der Waals surface area (Å²) in [6.07, 6.45) is 2.12. The van der Waals surface area contributed by atoms with Gasteiger partial charge in [-0.2, -0.15) is 0 Å². The fraction of sp³-hybridized carbons (Fsp3) is 0.500. The predicted octanol–water partition coefficient (Wildman–Crippen LogP) is 1.82. The highest BCUT2D eigenvalue weighted by Crippen LogP contribution is 2.34. The number of benzene rings is 1. The monoisotopic (exact) mass is 205 g/mol. The maximum Gasteiger partial charge on any atom is 0.145 e. The van der Waals surface area contributed by atoms with Crippen molar-refractivity contribution in [3.63, 3.8) is 0 Å². The van der Waals surface area contributed by atoms with Gasteiger partial charge in [0.05, 0.1) is 24.9 Å². The van der Waals surface area contributed by atoms with Gasteiger partial charge in [-0.15, -0.1) is 0 Å². The number of hydrogen-bond acceptors (Lipinski definition) is 3. The Morgan fingerprint density at radius 2 is 2.27 bits per heavy atom. The van der Waals surface area contributed by atoms with Crippen LogP contribution in [0, 0.1) is 0 Å². The van der Waals surface area contributed by atoms with E-state index in [4.69, 9.17) is 9.47 Å². The molecule has 80 valence electrons. The van der Waals surface area contributed by atoms with Crippen LogP contribution in [0.3, 0.4) is 0 Å². The summed E-state index contributed by atoms with van der Waals surface area (Å²) in [5.74, 6) is 1.05. The lowest BCUT2D eigenvalue weighted by Gasteiger charge is -2.14. The largest absolute Gasteiger partial charge is 0.491 e. The van der Waals surface area contributed by atoms with E-state index in [9.17, 15) is 0 Å². The maximum absolute atomic E-state index is 5.64. The van der Waals surface area contributed by atoms with E-state index >= 15 is 0 Å². The Balaban J connectivity index is 1.82. The molecule has 2 heterocycles. The van der Waals surface area contributed by atoms with E-state index in [0.717, 1.165) is 44.1 Å². The fourth-order valence-electron chi connectivity index (χ4n) is 2.20. The normalized spacial score (nSPS) is 23.6. The maximum atomic E-state index is 5.64. The molecule has 3 nitrogen and oxygen atoms in total. The Bertz CT molecular complexity index is 359.